The van der Waals surface area contributed by atoms with E-state index in [0.717, 1.165) is 22.5 Å². The van der Waals surface area contributed by atoms with E-state index in [0.29, 0.717) is 13.2 Å². The monoisotopic (exact) mass is 271 g/mol. The van der Waals surface area contributed by atoms with Gasteiger partial charge in [-0.2, -0.15) is 0 Å². The van der Waals surface area contributed by atoms with Gasteiger partial charge in [0, 0.05) is 11.0 Å². The van der Waals surface area contributed by atoms with Crippen LogP contribution in [0.4, 0.5) is 5.69 Å². The van der Waals surface area contributed by atoms with Crippen LogP contribution in [-0.4, -0.2) is 30.9 Å². The van der Waals surface area contributed by atoms with Crippen molar-refractivity contribution >= 4 is 21.6 Å². The number of ether oxygens (including phenoxy) is 1. The van der Waals surface area contributed by atoms with Crippen LogP contribution in [0, 0.1) is 0 Å². The fourth-order valence-electron chi connectivity index (χ4n) is 1.80. The Morgan fingerprint density at radius 3 is 3.13 bits per heavy atom. The zero-order chi connectivity index (χ0) is 10.8. The van der Waals surface area contributed by atoms with Gasteiger partial charge >= 0.3 is 0 Å². The molecule has 0 saturated carbocycles. The molecule has 1 aromatic rings. The minimum absolute atomic E-state index is 0.331. The van der Waals surface area contributed by atoms with E-state index in [4.69, 9.17) is 4.74 Å². The summed E-state index contributed by atoms with van der Waals surface area (Å²) in [5, 5.41) is 9.42. The highest BCUT2D eigenvalue weighted by Crippen LogP contribution is 2.37. The number of benzene rings is 1. The van der Waals surface area contributed by atoms with Gasteiger partial charge in [0.05, 0.1) is 18.3 Å². The Morgan fingerprint density at radius 2 is 2.40 bits per heavy atom. The second-order valence-corrected chi connectivity index (χ2v) is 4.58. The Bertz CT molecular complexity index is 354. The molecule has 2 rings (SSSR count). The summed E-state index contributed by atoms with van der Waals surface area (Å²) >= 11 is 3.51. The van der Waals surface area contributed by atoms with Crippen LogP contribution < -0.4 is 9.64 Å². The fraction of sp³-hybridized carbons (Fsp3) is 0.455. The van der Waals surface area contributed by atoms with Crippen molar-refractivity contribution < 1.29 is 9.84 Å². The van der Waals surface area contributed by atoms with Crippen molar-refractivity contribution in [2.75, 3.05) is 24.6 Å². The van der Waals surface area contributed by atoms with Gasteiger partial charge < -0.3 is 14.7 Å². The lowest BCUT2D eigenvalue weighted by Crippen LogP contribution is -2.37. The third-order valence-electron chi connectivity index (χ3n) is 2.37. The molecule has 1 atom stereocenters. The van der Waals surface area contributed by atoms with Crippen molar-refractivity contribution in [2.24, 2.45) is 0 Å². The van der Waals surface area contributed by atoms with Gasteiger partial charge in [-0.05, 0) is 35.0 Å². The van der Waals surface area contributed by atoms with E-state index >= 15 is 0 Å². The van der Waals surface area contributed by atoms with E-state index in [-0.39, 0.29) is 6.10 Å². The summed E-state index contributed by atoms with van der Waals surface area (Å²) in [6.45, 7) is 3.93. The summed E-state index contributed by atoms with van der Waals surface area (Å²) in [7, 11) is 0. The Balaban J connectivity index is 2.32. The van der Waals surface area contributed by atoms with E-state index in [9.17, 15) is 5.11 Å². The first-order valence-electron chi connectivity index (χ1n) is 5.03. The minimum atomic E-state index is -0.331. The number of fused-ring (bicyclic) bond motifs is 1. The highest BCUT2D eigenvalue weighted by molar-refractivity contribution is 9.10. The van der Waals surface area contributed by atoms with Gasteiger partial charge in [-0.15, -0.1) is 0 Å². The van der Waals surface area contributed by atoms with Gasteiger partial charge in [0.25, 0.3) is 0 Å². The first-order valence-corrected chi connectivity index (χ1v) is 5.82. The molecule has 0 radical (unpaired) electrons. The van der Waals surface area contributed by atoms with Gasteiger partial charge in [0.2, 0.25) is 0 Å². The zero-order valence-electron chi connectivity index (χ0n) is 8.61. The molecule has 0 bridgehead atoms. The molecule has 1 aliphatic rings. The summed E-state index contributed by atoms with van der Waals surface area (Å²) in [5.74, 6) is 0.885. The Hall–Kier alpha value is -0.740. The maximum absolute atomic E-state index is 9.42. The average Bonchev–Trinajstić information content (AvgIpc) is 2.17. The number of hydrogen-bond acceptors (Lipinski definition) is 3. The van der Waals surface area contributed by atoms with Crippen LogP contribution in [0.15, 0.2) is 22.7 Å². The van der Waals surface area contributed by atoms with Crippen molar-refractivity contribution in [2.45, 2.75) is 13.0 Å². The molecule has 4 heteroatoms. The smallest absolute Gasteiger partial charge is 0.143 e. The van der Waals surface area contributed by atoms with Gasteiger partial charge in [0.1, 0.15) is 12.4 Å². The molecule has 0 amide bonds. The molecule has 82 valence electrons. The second kappa shape index (κ2) is 4.41. The molecule has 1 aliphatic heterocycles. The minimum Gasteiger partial charge on any atom is -0.490 e. The summed E-state index contributed by atoms with van der Waals surface area (Å²) in [4.78, 5) is 2.15. The number of nitrogens with zero attached hydrogens (tertiary/aromatic N) is 1. The number of anilines is 1. The third-order valence-corrected chi connectivity index (χ3v) is 3.01. The topological polar surface area (TPSA) is 32.7 Å². The molecule has 0 fully saturated rings. The standard InChI is InChI=1S/C11H14BrNO2/c1-8(14)7-13-5-6-15-10-4-2-3-9(12)11(10)13/h2-4,8,14H,5-7H2,1H3. The van der Waals surface area contributed by atoms with Crippen LogP contribution in [0.2, 0.25) is 0 Å². The number of aliphatic hydroxyl groups is 1. The molecular weight excluding hydrogens is 258 g/mol. The molecule has 3 nitrogen and oxygen atoms in total. The van der Waals surface area contributed by atoms with E-state index in [1.165, 1.54) is 0 Å². The molecule has 0 spiro atoms. The first-order chi connectivity index (χ1) is 7.18. The maximum Gasteiger partial charge on any atom is 0.143 e. The van der Waals surface area contributed by atoms with Crippen LogP contribution in [0.5, 0.6) is 5.75 Å². The molecule has 1 aromatic carbocycles. The first kappa shape index (κ1) is 10.8. The number of para-hydroxylation sites is 1. The summed E-state index contributed by atoms with van der Waals surface area (Å²) < 4.78 is 6.58. The van der Waals surface area contributed by atoms with Crippen LogP contribution in [0.1, 0.15) is 6.92 Å². The Morgan fingerprint density at radius 1 is 1.60 bits per heavy atom. The SMILES string of the molecule is CC(O)CN1CCOc2cccc(Br)c21. The van der Waals surface area contributed by atoms with E-state index in [2.05, 4.69) is 20.8 Å². The molecular formula is C11H14BrNO2. The number of halogens is 1. The molecule has 15 heavy (non-hydrogen) atoms. The van der Waals surface area contributed by atoms with Crippen LogP contribution in [0.3, 0.4) is 0 Å². The predicted octanol–water partition coefficient (Wildman–Crippen LogP) is 2.03. The summed E-state index contributed by atoms with van der Waals surface area (Å²) in [5.41, 5.74) is 1.05. The number of rotatable bonds is 2. The summed E-state index contributed by atoms with van der Waals surface area (Å²) in [6, 6.07) is 5.89. The molecule has 1 unspecified atom stereocenters. The summed E-state index contributed by atoms with van der Waals surface area (Å²) in [6.07, 6.45) is -0.331. The average molecular weight is 272 g/mol. The van der Waals surface area contributed by atoms with E-state index < -0.39 is 0 Å². The second-order valence-electron chi connectivity index (χ2n) is 3.73. The highest BCUT2D eigenvalue weighted by Gasteiger charge is 2.21. The number of aliphatic hydroxyl groups excluding tert-OH is 1. The molecule has 1 N–H and O–H groups in total. The van der Waals surface area contributed by atoms with Crippen molar-refractivity contribution in [3.8, 4) is 5.75 Å². The van der Waals surface area contributed by atoms with Crippen molar-refractivity contribution in [3.05, 3.63) is 22.7 Å². The zero-order valence-corrected chi connectivity index (χ0v) is 10.2. The van der Waals surface area contributed by atoms with Crippen molar-refractivity contribution in [1.29, 1.82) is 0 Å². The Kier molecular flexibility index (Phi) is 3.17. The predicted molar refractivity (Wildman–Crippen MR) is 63.5 cm³/mol. The Labute approximate surface area is 97.8 Å². The molecule has 0 aliphatic carbocycles. The normalized spacial score (nSPS) is 16.9. The van der Waals surface area contributed by atoms with Crippen molar-refractivity contribution in [1.82, 2.24) is 0 Å². The fourth-order valence-corrected chi connectivity index (χ4v) is 2.40. The lowest BCUT2D eigenvalue weighted by molar-refractivity contribution is 0.194. The van der Waals surface area contributed by atoms with E-state index in [1.54, 1.807) is 6.92 Å². The third kappa shape index (κ3) is 2.26. The van der Waals surface area contributed by atoms with Gasteiger partial charge in [-0.3, -0.25) is 0 Å². The quantitative estimate of drug-likeness (QED) is 0.894. The van der Waals surface area contributed by atoms with Gasteiger partial charge in [0.15, 0.2) is 0 Å². The lowest BCUT2D eigenvalue weighted by Gasteiger charge is -2.32. The highest BCUT2D eigenvalue weighted by atomic mass is 79.9. The maximum atomic E-state index is 9.42. The number of β-amino-alcohol motifs (C(OH)–C–C–N with tert-alkyl or cyclic N) is 1. The number of hydrogen-bond donors (Lipinski definition) is 1. The van der Waals surface area contributed by atoms with Crippen molar-refractivity contribution in [3.63, 3.8) is 0 Å². The van der Waals surface area contributed by atoms with Crippen LogP contribution >= 0.6 is 15.9 Å². The molecule has 0 saturated heterocycles. The van der Waals surface area contributed by atoms with Gasteiger partial charge in [-0.1, -0.05) is 6.07 Å². The van der Waals surface area contributed by atoms with Crippen LogP contribution in [0.25, 0.3) is 0 Å². The molecule has 1 heterocycles. The largest absolute Gasteiger partial charge is 0.490 e. The van der Waals surface area contributed by atoms with Gasteiger partial charge in [-0.25, -0.2) is 0 Å². The lowest BCUT2D eigenvalue weighted by atomic mass is 10.2. The molecule has 0 aromatic heterocycles. The van der Waals surface area contributed by atoms with Crippen LogP contribution in [-0.2, 0) is 0 Å². The van der Waals surface area contributed by atoms with E-state index in [1.807, 2.05) is 18.2 Å².